The Balaban J connectivity index is 1.17. The molecule has 0 saturated carbocycles. The summed E-state index contributed by atoms with van der Waals surface area (Å²) in [6.07, 6.45) is -1.69. The first-order chi connectivity index (χ1) is 20.5. The predicted molar refractivity (Wildman–Crippen MR) is 153 cm³/mol. The van der Waals surface area contributed by atoms with E-state index in [1.807, 2.05) is 18.2 Å². The van der Waals surface area contributed by atoms with Gasteiger partial charge in [0.25, 0.3) is 5.91 Å². The SMILES string of the molecule is Cc1ncc(C(=O)N2CCC(c3ccc(Oc4ccc(C(F)(F)F)nn4)cc3)CC2)cc1NS(=O)(=O)Cc1ccccc1. The van der Waals surface area contributed by atoms with Crippen LogP contribution >= 0.6 is 0 Å². The van der Waals surface area contributed by atoms with E-state index in [1.165, 1.54) is 12.3 Å². The van der Waals surface area contributed by atoms with Crippen molar-refractivity contribution in [2.75, 3.05) is 17.8 Å². The Morgan fingerprint density at radius 1 is 1.00 bits per heavy atom. The van der Waals surface area contributed by atoms with Gasteiger partial charge in [-0.25, -0.2) is 8.42 Å². The molecule has 0 aliphatic carbocycles. The van der Waals surface area contributed by atoms with Crippen molar-refractivity contribution in [3.63, 3.8) is 0 Å². The van der Waals surface area contributed by atoms with Gasteiger partial charge in [0.15, 0.2) is 5.69 Å². The molecule has 3 heterocycles. The lowest BCUT2D eigenvalue weighted by Gasteiger charge is -2.32. The quantitative estimate of drug-likeness (QED) is 0.262. The molecular weight excluding hydrogens is 583 g/mol. The number of sulfonamides is 1. The van der Waals surface area contributed by atoms with Crippen LogP contribution in [0.2, 0.25) is 0 Å². The molecule has 0 atom stereocenters. The highest BCUT2D eigenvalue weighted by molar-refractivity contribution is 7.91. The number of nitrogens with zero attached hydrogens (tertiary/aromatic N) is 4. The van der Waals surface area contributed by atoms with Gasteiger partial charge in [-0.2, -0.15) is 13.2 Å². The number of halogens is 3. The molecule has 2 aromatic heterocycles. The number of ether oxygens (including phenoxy) is 1. The number of hydrogen-bond acceptors (Lipinski definition) is 7. The Morgan fingerprint density at radius 2 is 1.70 bits per heavy atom. The fraction of sp³-hybridized carbons (Fsp3) is 0.267. The number of piperidine rings is 1. The summed E-state index contributed by atoms with van der Waals surface area (Å²) >= 11 is 0. The topological polar surface area (TPSA) is 114 Å². The Bertz CT molecular complexity index is 1680. The number of amides is 1. The number of hydrogen-bond donors (Lipinski definition) is 1. The van der Waals surface area contributed by atoms with Crippen molar-refractivity contribution in [1.82, 2.24) is 20.1 Å². The summed E-state index contributed by atoms with van der Waals surface area (Å²) in [5.74, 6) is 0.129. The monoisotopic (exact) mass is 611 g/mol. The van der Waals surface area contributed by atoms with Crippen molar-refractivity contribution < 1.29 is 31.1 Å². The first kappa shape index (κ1) is 30.0. The first-order valence-electron chi connectivity index (χ1n) is 13.5. The number of anilines is 1. The van der Waals surface area contributed by atoms with Gasteiger partial charge in [-0.05, 0) is 61.1 Å². The van der Waals surface area contributed by atoms with Crippen LogP contribution in [0.4, 0.5) is 18.9 Å². The van der Waals surface area contributed by atoms with Gasteiger partial charge in [0, 0.05) is 25.4 Å². The van der Waals surface area contributed by atoms with Gasteiger partial charge in [-0.15, -0.1) is 10.2 Å². The Morgan fingerprint density at radius 3 is 2.33 bits per heavy atom. The molecule has 0 radical (unpaired) electrons. The maximum absolute atomic E-state index is 13.3. The number of likely N-dealkylation sites (tertiary alicyclic amines) is 1. The summed E-state index contributed by atoms with van der Waals surface area (Å²) in [5, 5.41) is 6.63. The van der Waals surface area contributed by atoms with Gasteiger partial charge in [0.2, 0.25) is 15.9 Å². The van der Waals surface area contributed by atoms with Crippen LogP contribution in [-0.4, -0.2) is 47.5 Å². The highest BCUT2D eigenvalue weighted by Gasteiger charge is 2.33. The van der Waals surface area contributed by atoms with Crippen molar-refractivity contribution in [1.29, 1.82) is 0 Å². The third-order valence-electron chi connectivity index (χ3n) is 7.09. The molecule has 1 fully saturated rings. The molecule has 2 aromatic carbocycles. The van der Waals surface area contributed by atoms with Crippen LogP contribution < -0.4 is 9.46 Å². The van der Waals surface area contributed by atoms with E-state index >= 15 is 0 Å². The van der Waals surface area contributed by atoms with Crippen molar-refractivity contribution >= 4 is 21.6 Å². The third-order valence-corrected chi connectivity index (χ3v) is 8.33. The van der Waals surface area contributed by atoms with E-state index in [-0.39, 0.29) is 29.1 Å². The lowest BCUT2D eigenvalue weighted by Crippen LogP contribution is -2.38. The Labute approximate surface area is 246 Å². The summed E-state index contributed by atoms with van der Waals surface area (Å²) in [6.45, 7) is 2.69. The third kappa shape index (κ3) is 7.66. The zero-order chi connectivity index (χ0) is 30.6. The molecule has 1 amide bonds. The molecular formula is C30H28F3N5O4S. The van der Waals surface area contributed by atoms with Crippen molar-refractivity contribution in [2.45, 2.75) is 37.6 Å². The minimum atomic E-state index is -4.57. The highest BCUT2D eigenvalue weighted by Crippen LogP contribution is 2.32. The van der Waals surface area contributed by atoms with Gasteiger partial charge < -0.3 is 9.64 Å². The summed E-state index contributed by atoms with van der Waals surface area (Å²) in [4.78, 5) is 19.3. The molecule has 13 heteroatoms. The van der Waals surface area contributed by atoms with Crippen LogP contribution in [0.3, 0.4) is 0 Å². The second-order valence-corrected chi connectivity index (χ2v) is 11.9. The standard InChI is InChI=1S/C30H28F3N5O4S/c1-20-26(37-43(40,41)19-21-5-3-2-4-6-21)17-24(18-34-20)29(39)38-15-13-23(14-16-38)22-7-9-25(10-8-22)42-28-12-11-27(35-36-28)30(31,32)33/h2-12,17-18,23,37H,13-16,19H2,1H3. The molecule has 5 rings (SSSR count). The van der Waals surface area contributed by atoms with Gasteiger partial charge in [0.05, 0.1) is 22.7 Å². The fourth-order valence-corrected chi connectivity index (χ4v) is 6.05. The molecule has 0 bridgehead atoms. The fourth-order valence-electron chi connectivity index (χ4n) is 4.80. The van der Waals surface area contributed by atoms with E-state index in [4.69, 9.17) is 4.74 Å². The molecule has 1 aliphatic heterocycles. The largest absolute Gasteiger partial charge is 0.438 e. The number of carbonyl (C=O) groups is 1. The second-order valence-electron chi connectivity index (χ2n) is 10.2. The van der Waals surface area contributed by atoms with Crippen LogP contribution in [0.25, 0.3) is 0 Å². The number of alkyl halides is 3. The lowest BCUT2D eigenvalue weighted by molar-refractivity contribution is -0.141. The van der Waals surface area contributed by atoms with Crippen LogP contribution in [0.1, 0.15) is 51.6 Å². The van der Waals surface area contributed by atoms with Crippen molar-refractivity contribution in [3.05, 3.63) is 107 Å². The van der Waals surface area contributed by atoms with Gasteiger partial charge in [-0.3, -0.25) is 14.5 Å². The number of aromatic nitrogens is 3. The van der Waals surface area contributed by atoms with Gasteiger partial charge in [-0.1, -0.05) is 42.5 Å². The molecule has 9 nitrogen and oxygen atoms in total. The van der Waals surface area contributed by atoms with Crippen LogP contribution in [0.5, 0.6) is 11.6 Å². The molecule has 4 aromatic rings. The summed E-state index contributed by atoms with van der Waals surface area (Å²) < 4.78 is 71.6. The van der Waals surface area contributed by atoms with Crippen LogP contribution in [0, 0.1) is 6.92 Å². The molecule has 224 valence electrons. The summed E-state index contributed by atoms with van der Waals surface area (Å²) in [6, 6.07) is 19.5. The molecule has 1 saturated heterocycles. The minimum Gasteiger partial charge on any atom is -0.438 e. The number of benzene rings is 2. The maximum Gasteiger partial charge on any atom is 0.435 e. The summed E-state index contributed by atoms with van der Waals surface area (Å²) in [5.41, 5.74) is 1.62. The Kier molecular flexibility index (Phi) is 8.62. The van der Waals surface area contributed by atoms with Crippen LogP contribution in [0.15, 0.2) is 79.0 Å². The minimum absolute atomic E-state index is 0.0506. The van der Waals surface area contributed by atoms with Crippen molar-refractivity contribution in [2.24, 2.45) is 0 Å². The van der Waals surface area contributed by atoms with E-state index in [9.17, 15) is 26.4 Å². The van der Waals surface area contributed by atoms with E-state index in [0.29, 0.717) is 48.5 Å². The lowest BCUT2D eigenvalue weighted by atomic mass is 9.89. The smallest absolute Gasteiger partial charge is 0.435 e. The number of nitrogens with one attached hydrogen (secondary N) is 1. The average molecular weight is 612 g/mol. The van der Waals surface area contributed by atoms with E-state index in [0.717, 1.165) is 17.7 Å². The predicted octanol–water partition coefficient (Wildman–Crippen LogP) is 5.95. The Hall–Kier alpha value is -4.52. The number of carbonyl (C=O) groups excluding carboxylic acids is 1. The highest BCUT2D eigenvalue weighted by atomic mass is 32.2. The van der Waals surface area contributed by atoms with Crippen LogP contribution in [-0.2, 0) is 22.0 Å². The molecule has 43 heavy (non-hydrogen) atoms. The zero-order valence-corrected chi connectivity index (χ0v) is 23.9. The normalized spacial score (nSPS) is 14.4. The first-order valence-corrected chi connectivity index (χ1v) is 15.1. The number of pyridine rings is 1. The molecule has 0 spiro atoms. The van der Waals surface area contributed by atoms with E-state index in [1.54, 1.807) is 48.2 Å². The number of aryl methyl sites for hydroxylation is 1. The van der Waals surface area contributed by atoms with Gasteiger partial charge in [0.1, 0.15) is 5.75 Å². The van der Waals surface area contributed by atoms with E-state index in [2.05, 4.69) is 19.9 Å². The molecule has 1 N–H and O–H groups in total. The van der Waals surface area contributed by atoms with Gasteiger partial charge >= 0.3 is 6.18 Å². The average Bonchev–Trinajstić information content (AvgIpc) is 2.98. The molecule has 0 unspecified atom stereocenters. The number of rotatable bonds is 8. The van der Waals surface area contributed by atoms with Crippen molar-refractivity contribution in [3.8, 4) is 11.6 Å². The zero-order valence-electron chi connectivity index (χ0n) is 23.1. The molecule has 1 aliphatic rings. The maximum atomic E-state index is 13.3. The second kappa shape index (κ2) is 12.4. The summed E-state index contributed by atoms with van der Waals surface area (Å²) in [7, 11) is -3.71. The van der Waals surface area contributed by atoms with E-state index < -0.39 is 21.9 Å².